The normalized spacial score (nSPS) is 13.5. The molecule has 3 aromatic heterocycles. The van der Waals surface area contributed by atoms with Crippen LogP contribution < -0.4 is 25.2 Å². The summed E-state index contributed by atoms with van der Waals surface area (Å²) >= 11 is 0. The van der Waals surface area contributed by atoms with Crippen LogP contribution in [-0.2, 0) is 17.3 Å². The minimum Gasteiger partial charge on any atom is -0.494 e. The fraction of sp³-hybridized carbons (Fsp3) is 0.333. The molecule has 1 aliphatic rings. The van der Waals surface area contributed by atoms with Gasteiger partial charge in [-0.15, -0.1) is 0 Å². The number of nitrogens with one attached hydrogen (secondary N) is 2. The summed E-state index contributed by atoms with van der Waals surface area (Å²) in [5.74, 6) is 0.973. The van der Waals surface area contributed by atoms with Gasteiger partial charge in [0.2, 0.25) is 5.91 Å². The summed E-state index contributed by atoms with van der Waals surface area (Å²) in [5.41, 5.74) is 6.98. The molecule has 0 unspecified atom stereocenters. The number of methoxy groups -OCH3 is 1. The number of aromatic nitrogens is 4. The smallest absolute Gasteiger partial charge is 0.247 e. The van der Waals surface area contributed by atoms with E-state index in [1.54, 1.807) is 18.0 Å². The van der Waals surface area contributed by atoms with Crippen LogP contribution in [0.1, 0.15) is 19.5 Å². The van der Waals surface area contributed by atoms with Gasteiger partial charge >= 0.3 is 0 Å². The molecule has 4 heterocycles. The number of nitrogens with zero attached hydrogens (tertiary/aromatic N) is 7. The van der Waals surface area contributed by atoms with E-state index in [-0.39, 0.29) is 11.3 Å². The minimum atomic E-state index is -0.292. The molecule has 0 radical (unpaired) electrons. The Bertz CT molecular complexity index is 1680. The lowest BCUT2D eigenvalue weighted by atomic mass is 9.91. The molecule has 1 aliphatic heterocycles. The highest BCUT2D eigenvalue weighted by molar-refractivity contribution is 6.02. The van der Waals surface area contributed by atoms with Gasteiger partial charge in [-0.2, -0.15) is 5.10 Å². The predicted octanol–water partition coefficient (Wildman–Crippen LogP) is 5.18. The Hall–Kier alpha value is -4.90. The highest BCUT2D eigenvalue weighted by Gasteiger charge is 2.38. The molecule has 0 saturated heterocycles. The Morgan fingerprint density at radius 3 is 2.61 bits per heavy atom. The summed E-state index contributed by atoms with van der Waals surface area (Å²) in [7, 11) is 9.59. The van der Waals surface area contributed by atoms with Gasteiger partial charge in [0, 0.05) is 74.9 Å². The van der Waals surface area contributed by atoms with Gasteiger partial charge in [-0.05, 0) is 44.4 Å². The number of anilines is 6. The number of benzene rings is 1. The lowest BCUT2D eigenvalue weighted by Gasteiger charge is -2.26. The topological polar surface area (TPSA) is 104 Å². The van der Waals surface area contributed by atoms with Crippen LogP contribution in [0.15, 0.2) is 67.6 Å². The average Bonchev–Trinajstić information content (AvgIpc) is 3.55. The van der Waals surface area contributed by atoms with Crippen molar-refractivity contribution in [3.05, 3.63) is 73.3 Å². The molecule has 11 nitrogen and oxygen atoms in total. The molecule has 1 aromatic carbocycles. The van der Waals surface area contributed by atoms with Gasteiger partial charge in [-0.1, -0.05) is 20.4 Å². The first-order valence-corrected chi connectivity index (χ1v) is 14.5. The van der Waals surface area contributed by atoms with Gasteiger partial charge < -0.3 is 30.1 Å². The summed E-state index contributed by atoms with van der Waals surface area (Å²) < 4.78 is 7.58. The van der Waals surface area contributed by atoms with Crippen molar-refractivity contribution in [1.29, 1.82) is 0 Å². The molecule has 0 fully saturated rings. The summed E-state index contributed by atoms with van der Waals surface area (Å²) in [6.45, 7) is 10.4. The Labute approximate surface area is 259 Å². The van der Waals surface area contributed by atoms with E-state index in [4.69, 9.17) is 9.72 Å². The van der Waals surface area contributed by atoms with Crippen molar-refractivity contribution in [2.45, 2.75) is 19.3 Å². The fourth-order valence-electron chi connectivity index (χ4n) is 5.37. The Kier molecular flexibility index (Phi) is 8.59. The van der Waals surface area contributed by atoms with Crippen LogP contribution in [0.5, 0.6) is 5.75 Å². The number of pyridine rings is 2. The first-order valence-electron chi connectivity index (χ1n) is 14.5. The first kappa shape index (κ1) is 30.6. The fourth-order valence-corrected chi connectivity index (χ4v) is 5.37. The SMILES string of the molecule is C=CC(=O)Nc1cc(Nc2cc(N3CC(C)(C)c4nc(-c5cnn(C)c5)ccc43)ccn2)c(OC)cc1N(C)CCN(C)C. The standard InChI is InChI=1S/C33H41N9O2/c1-9-31(43)37-25-17-26(29(44-8)18-28(25)40(6)15-14-39(4)5)36-30-16-23(12-13-34-30)42-21-33(2,3)32-27(42)11-10-24(38-32)22-19-35-41(7)20-22/h9-13,16-20H,1,14-15,21H2,2-8H3,(H,34,36)(H,37,43). The molecule has 0 spiro atoms. The summed E-state index contributed by atoms with van der Waals surface area (Å²) in [4.78, 5) is 28.5. The van der Waals surface area contributed by atoms with Crippen molar-refractivity contribution in [2.24, 2.45) is 7.05 Å². The van der Waals surface area contributed by atoms with E-state index in [1.807, 2.05) is 70.9 Å². The molecule has 230 valence electrons. The quantitative estimate of drug-likeness (QED) is 0.227. The highest BCUT2D eigenvalue weighted by Crippen LogP contribution is 2.45. The molecule has 1 amide bonds. The van der Waals surface area contributed by atoms with Crippen LogP contribution in [-0.4, -0.2) is 78.4 Å². The zero-order chi connectivity index (χ0) is 31.6. The van der Waals surface area contributed by atoms with Crippen molar-refractivity contribution in [3.63, 3.8) is 0 Å². The van der Waals surface area contributed by atoms with Crippen LogP contribution in [0, 0.1) is 0 Å². The Balaban J connectivity index is 1.46. The second-order valence-corrected chi connectivity index (χ2v) is 11.9. The van der Waals surface area contributed by atoms with Crippen LogP contribution >= 0.6 is 0 Å². The van der Waals surface area contributed by atoms with Gasteiger partial charge in [-0.3, -0.25) is 9.48 Å². The van der Waals surface area contributed by atoms with E-state index in [0.29, 0.717) is 22.9 Å². The first-order chi connectivity index (χ1) is 21.0. The third-order valence-corrected chi connectivity index (χ3v) is 7.73. The largest absolute Gasteiger partial charge is 0.494 e. The minimum absolute atomic E-state index is 0.166. The number of carbonyl (C=O) groups excluding carboxylic acids is 1. The summed E-state index contributed by atoms with van der Waals surface area (Å²) in [5, 5.41) is 10.7. The maximum absolute atomic E-state index is 12.4. The molecule has 0 atom stereocenters. The molecule has 44 heavy (non-hydrogen) atoms. The van der Waals surface area contributed by atoms with Gasteiger partial charge in [0.15, 0.2) is 0 Å². The van der Waals surface area contributed by atoms with E-state index in [2.05, 4.69) is 61.9 Å². The van der Waals surface area contributed by atoms with Gasteiger partial charge in [0.25, 0.3) is 0 Å². The van der Waals surface area contributed by atoms with E-state index < -0.39 is 0 Å². The lowest BCUT2D eigenvalue weighted by Crippen LogP contribution is -2.29. The molecule has 0 saturated carbocycles. The van der Waals surface area contributed by atoms with E-state index in [0.717, 1.165) is 53.6 Å². The number of fused-ring (bicyclic) bond motifs is 1. The zero-order valence-electron chi connectivity index (χ0n) is 26.5. The van der Waals surface area contributed by atoms with Crippen LogP contribution in [0.3, 0.4) is 0 Å². The number of rotatable bonds is 11. The van der Waals surface area contributed by atoms with Crippen molar-refractivity contribution in [3.8, 4) is 17.0 Å². The number of aryl methyl sites for hydroxylation is 1. The number of likely N-dealkylation sites (N-methyl/N-ethyl adjacent to an activating group) is 2. The third-order valence-electron chi connectivity index (χ3n) is 7.73. The Morgan fingerprint density at radius 1 is 1.14 bits per heavy atom. The second-order valence-electron chi connectivity index (χ2n) is 11.9. The van der Waals surface area contributed by atoms with Gasteiger partial charge in [0.05, 0.1) is 47.4 Å². The summed E-state index contributed by atoms with van der Waals surface area (Å²) in [6, 6.07) is 12.0. The number of hydrogen-bond donors (Lipinski definition) is 2. The molecule has 0 bridgehead atoms. The number of carbonyl (C=O) groups is 1. The number of hydrogen-bond acceptors (Lipinski definition) is 9. The highest BCUT2D eigenvalue weighted by atomic mass is 16.5. The molecule has 2 N–H and O–H groups in total. The van der Waals surface area contributed by atoms with Crippen molar-refractivity contribution in [2.75, 3.05) is 68.3 Å². The van der Waals surface area contributed by atoms with Crippen molar-refractivity contribution >= 4 is 40.2 Å². The molecule has 11 heteroatoms. The second kappa shape index (κ2) is 12.4. The predicted molar refractivity (Wildman–Crippen MR) is 178 cm³/mol. The van der Waals surface area contributed by atoms with Crippen LogP contribution in [0.2, 0.25) is 0 Å². The molecule has 5 rings (SSSR count). The molecular weight excluding hydrogens is 554 g/mol. The lowest BCUT2D eigenvalue weighted by molar-refractivity contribution is -0.111. The van der Waals surface area contributed by atoms with E-state index in [1.165, 1.54) is 6.08 Å². The van der Waals surface area contributed by atoms with Crippen LogP contribution in [0.4, 0.5) is 34.3 Å². The van der Waals surface area contributed by atoms with E-state index >= 15 is 0 Å². The van der Waals surface area contributed by atoms with Crippen molar-refractivity contribution < 1.29 is 9.53 Å². The van der Waals surface area contributed by atoms with Crippen LogP contribution in [0.25, 0.3) is 11.3 Å². The van der Waals surface area contributed by atoms with Crippen molar-refractivity contribution in [1.82, 2.24) is 24.6 Å². The third kappa shape index (κ3) is 6.37. The molecule has 0 aliphatic carbocycles. The maximum Gasteiger partial charge on any atom is 0.247 e. The molecular formula is C33H41N9O2. The maximum atomic E-state index is 12.4. The zero-order valence-corrected chi connectivity index (χ0v) is 26.5. The van der Waals surface area contributed by atoms with Gasteiger partial charge in [-0.25, -0.2) is 9.97 Å². The number of amides is 1. The monoisotopic (exact) mass is 595 g/mol. The Morgan fingerprint density at radius 2 is 1.93 bits per heavy atom. The average molecular weight is 596 g/mol. The van der Waals surface area contributed by atoms with Gasteiger partial charge in [0.1, 0.15) is 11.6 Å². The summed E-state index contributed by atoms with van der Waals surface area (Å²) in [6.07, 6.45) is 6.87. The van der Waals surface area contributed by atoms with E-state index in [9.17, 15) is 4.79 Å². The number of ether oxygens (including phenoxy) is 1. The molecule has 4 aromatic rings.